The van der Waals surface area contributed by atoms with Gasteiger partial charge in [-0.1, -0.05) is 25.1 Å². The van der Waals surface area contributed by atoms with Crippen molar-refractivity contribution in [1.82, 2.24) is 15.1 Å². The minimum absolute atomic E-state index is 0.123. The summed E-state index contributed by atoms with van der Waals surface area (Å²) < 4.78 is 1.85. The maximum atomic E-state index is 11.3. The highest BCUT2D eigenvalue weighted by Gasteiger charge is 2.02. The summed E-state index contributed by atoms with van der Waals surface area (Å²) in [5.74, 6) is 0.123. The van der Waals surface area contributed by atoms with E-state index in [0.29, 0.717) is 13.0 Å². The maximum absolute atomic E-state index is 11.3. The first-order chi connectivity index (χ1) is 9.29. The normalized spacial score (nSPS) is 10.4. The predicted molar refractivity (Wildman–Crippen MR) is 75.2 cm³/mol. The van der Waals surface area contributed by atoms with Crippen LogP contribution in [0.3, 0.4) is 0 Å². The quantitative estimate of drug-likeness (QED) is 0.863. The molecule has 0 fully saturated rings. The number of carbonyl (C=O) groups excluding carboxylic acids is 1. The molecule has 0 aliphatic carbocycles. The molecule has 1 aromatic heterocycles. The monoisotopic (exact) mass is 257 g/mol. The van der Waals surface area contributed by atoms with Crippen molar-refractivity contribution in [2.24, 2.45) is 0 Å². The Morgan fingerprint density at radius 1 is 1.32 bits per heavy atom. The van der Waals surface area contributed by atoms with Crippen molar-refractivity contribution in [1.29, 1.82) is 0 Å². The van der Waals surface area contributed by atoms with Gasteiger partial charge in [0.2, 0.25) is 5.91 Å². The second-order valence-electron chi connectivity index (χ2n) is 4.48. The second-order valence-corrected chi connectivity index (χ2v) is 4.48. The van der Waals surface area contributed by atoms with Crippen LogP contribution in [0.25, 0.3) is 5.69 Å². The molecular formula is C15H19N3O. The van der Waals surface area contributed by atoms with E-state index in [1.807, 2.05) is 54.3 Å². The average molecular weight is 257 g/mol. The lowest BCUT2D eigenvalue weighted by Crippen LogP contribution is -2.24. The summed E-state index contributed by atoms with van der Waals surface area (Å²) in [6, 6.07) is 9.99. The highest BCUT2D eigenvalue weighted by Crippen LogP contribution is 2.07. The van der Waals surface area contributed by atoms with Gasteiger partial charge >= 0.3 is 0 Å². The molecule has 0 radical (unpaired) electrons. The number of rotatable bonds is 6. The fourth-order valence-corrected chi connectivity index (χ4v) is 1.87. The number of hydrogen-bond acceptors (Lipinski definition) is 2. The Kier molecular flexibility index (Phi) is 4.72. The Labute approximate surface area is 113 Å². The summed E-state index contributed by atoms with van der Waals surface area (Å²) in [6.07, 6.45) is 6.14. The van der Waals surface area contributed by atoms with Crippen LogP contribution >= 0.6 is 0 Å². The van der Waals surface area contributed by atoms with Gasteiger partial charge in [0.25, 0.3) is 0 Å². The Morgan fingerprint density at radius 2 is 2.11 bits per heavy atom. The molecule has 19 heavy (non-hydrogen) atoms. The van der Waals surface area contributed by atoms with Crippen LogP contribution in [0.15, 0.2) is 42.7 Å². The molecule has 0 bridgehead atoms. The molecule has 2 rings (SSSR count). The van der Waals surface area contributed by atoms with E-state index in [1.54, 1.807) is 0 Å². The molecule has 1 N–H and O–H groups in total. The summed E-state index contributed by atoms with van der Waals surface area (Å²) in [5.41, 5.74) is 2.17. The Hall–Kier alpha value is -2.10. The third-order valence-electron chi connectivity index (χ3n) is 2.87. The van der Waals surface area contributed by atoms with Gasteiger partial charge < -0.3 is 5.32 Å². The minimum Gasteiger partial charge on any atom is -0.356 e. The fraction of sp³-hybridized carbons (Fsp3) is 0.333. The van der Waals surface area contributed by atoms with Crippen molar-refractivity contribution in [3.05, 3.63) is 48.3 Å². The first kappa shape index (κ1) is 13.3. The van der Waals surface area contributed by atoms with Crippen molar-refractivity contribution < 1.29 is 4.79 Å². The number of amides is 1. The molecule has 1 aromatic carbocycles. The number of hydrogen-bond donors (Lipinski definition) is 1. The SMILES string of the molecule is CCCC(=O)NCCc1cnn(-c2ccccc2)c1. The zero-order valence-corrected chi connectivity index (χ0v) is 11.2. The molecule has 0 unspecified atom stereocenters. The second kappa shape index (κ2) is 6.73. The lowest BCUT2D eigenvalue weighted by molar-refractivity contribution is -0.121. The van der Waals surface area contributed by atoms with Gasteiger partial charge in [-0.25, -0.2) is 4.68 Å². The Bertz CT molecular complexity index is 519. The van der Waals surface area contributed by atoms with E-state index < -0.39 is 0 Å². The van der Waals surface area contributed by atoms with Crippen LogP contribution < -0.4 is 5.32 Å². The molecular weight excluding hydrogens is 238 g/mol. The molecule has 1 heterocycles. The van der Waals surface area contributed by atoms with E-state index in [2.05, 4.69) is 10.4 Å². The molecule has 0 saturated carbocycles. The van der Waals surface area contributed by atoms with Crippen LogP contribution in [0.5, 0.6) is 0 Å². The highest BCUT2D eigenvalue weighted by atomic mass is 16.1. The molecule has 4 heteroatoms. The molecule has 0 spiro atoms. The summed E-state index contributed by atoms with van der Waals surface area (Å²) in [4.78, 5) is 11.3. The standard InChI is InChI=1S/C15H19N3O/c1-2-6-15(19)16-10-9-13-11-17-18(12-13)14-7-4-3-5-8-14/h3-5,7-8,11-12H,2,6,9-10H2,1H3,(H,16,19). The van der Waals surface area contributed by atoms with Gasteiger partial charge in [0.15, 0.2) is 0 Å². The van der Waals surface area contributed by atoms with E-state index in [1.165, 1.54) is 0 Å². The molecule has 0 saturated heterocycles. The van der Waals surface area contributed by atoms with Gasteiger partial charge in [-0.05, 0) is 30.5 Å². The molecule has 4 nitrogen and oxygen atoms in total. The zero-order valence-electron chi connectivity index (χ0n) is 11.2. The number of nitrogens with zero attached hydrogens (tertiary/aromatic N) is 2. The van der Waals surface area contributed by atoms with Crippen LogP contribution in [0.1, 0.15) is 25.3 Å². The van der Waals surface area contributed by atoms with E-state index in [-0.39, 0.29) is 5.91 Å². The van der Waals surface area contributed by atoms with Crippen LogP contribution in [0.2, 0.25) is 0 Å². The van der Waals surface area contributed by atoms with Crippen LogP contribution in [0.4, 0.5) is 0 Å². The molecule has 2 aromatic rings. The Balaban J connectivity index is 1.86. The number of nitrogens with one attached hydrogen (secondary N) is 1. The molecule has 100 valence electrons. The largest absolute Gasteiger partial charge is 0.356 e. The third kappa shape index (κ3) is 3.95. The fourth-order valence-electron chi connectivity index (χ4n) is 1.87. The van der Waals surface area contributed by atoms with E-state index in [4.69, 9.17) is 0 Å². The Morgan fingerprint density at radius 3 is 2.84 bits per heavy atom. The van der Waals surface area contributed by atoms with Gasteiger partial charge in [-0.2, -0.15) is 5.10 Å². The minimum atomic E-state index is 0.123. The smallest absolute Gasteiger partial charge is 0.219 e. The van der Waals surface area contributed by atoms with Gasteiger partial charge in [0.1, 0.15) is 0 Å². The van der Waals surface area contributed by atoms with Crippen molar-refractivity contribution in [2.45, 2.75) is 26.2 Å². The number of benzene rings is 1. The van der Waals surface area contributed by atoms with Crippen LogP contribution in [0, 0.1) is 0 Å². The molecule has 0 aliphatic heterocycles. The zero-order chi connectivity index (χ0) is 13.5. The molecule has 0 atom stereocenters. The van der Waals surface area contributed by atoms with Gasteiger partial charge in [-0.3, -0.25) is 4.79 Å². The third-order valence-corrected chi connectivity index (χ3v) is 2.87. The van der Waals surface area contributed by atoms with Crippen molar-refractivity contribution in [3.8, 4) is 5.69 Å². The number of carbonyl (C=O) groups is 1. The van der Waals surface area contributed by atoms with Gasteiger partial charge in [-0.15, -0.1) is 0 Å². The predicted octanol–water partition coefficient (Wildman–Crippen LogP) is 2.33. The van der Waals surface area contributed by atoms with E-state index in [9.17, 15) is 4.79 Å². The average Bonchev–Trinajstić information content (AvgIpc) is 2.89. The van der Waals surface area contributed by atoms with Crippen molar-refractivity contribution >= 4 is 5.91 Å². The summed E-state index contributed by atoms with van der Waals surface area (Å²) >= 11 is 0. The summed E-state index contributed by atoms with van der Waals surface area (Å²) in [7, 11) is 0. The first-order valence-corrected chi connectivity index (χ1v) is 6.65. The lowest BCUT2D eigenvalue weighted by Gasteiger charge is -2.02. The topological polar surface area (TPSA) is 46.9 Å². The van der Waals surface area contributed by atoms with Crippen LogP contribution in [-0.2, 0) is 11.2 Å². The molecule has 0 aliphatic rings. The van der Waals surface area contributed by atoms with E-state index >= 15 is 0 Å². The summed E-state index contributed by atoms with van der Waals surface area (Å²) in [6.45, 7) is 2.67. The van der Waals surface area contributed by atoms with Crippen LogP contribution in [-0.4, -0.2) is 22.2 Å². The molecule has 1 amide bonds. The van der Waals surface area contributed by atoms with Gasteiger partial charge in [0, 0.05) is 19.2 Å². The lowest BCUT2D eigenvalue weighted by atomic mass is 10.2. The number of para-hydroxylation sites is 1. The van der Waals surface area contributed by atoms with Crippen molar-refractivity contribution in [2.75, 3.05) is 6.54 Å². The maximum Gasteiger partial charge on any atom is 0.219 e. The highest BCUT2D eigenvalue weighted by molar-refractivity contribution is 5.75. The summed E-state index contributed by atoms with van der Waals surface area (Å²) in [5, 5.41) is 7.23. The van der Waals surface area contributed by atoms with E-state index in [0.717, 1.165) is 24.1 Å². The van der Waals surface area contributed by atoms with Gasteiger partial charge in [0.05, 0.1) is 11.9 Å². The first-order valence-electron chi connectivity index (χ1n) is 6.65. The van der Waals surface area contributed by atoms with Crippen molar-refractivity contribution in [3.63, 3.8) is 0 Å². The number of aromatic nitrogens is 2.